The molecule has 1 aromatic rings. The van der Waals surface area contributed by atoms with Gasteiger partial charge in [-0.3, -0.25) is 4.79 Å². The normalized spacial score (nSPS) is 24.0. The highest BCUT2D eigenvalue weighted by molar-refractivity contribution is 5.81. The van der Waals surface area contributed by atoms with Gasteiger partial charge < -0.3 is 19.5 Å². The third-order valence-electron chi connectivity index (χ3n) is 5.12. The minimum Gasteiger partial charge on any atom is -0.493 e. The lowest BCUT2D eigenvalue weighted by molar-refractivity contribution is -0.136. The predicted octanol–water partition coefficient (Wildman–Crippen LogP) is 2.01. The Morgan fingerprint density at radius 3 is 2.70 bits per heavy atom. The van der Waals surface area contributed by atoms with Crippen molar-refractivity contribution < 1.29 is 19.4 Å². The summed E-state index contributed by atoms with van der Waals surface area (Å²) < 4.78 is 10.8. The molecule has 1 fully saturated rings. The van der Waals surface area contributed by atoms with Crippen molar-refractivity contribution in [2.75, 3.05) is 20.8 Å². The Balaban J connectivity index is 2.19. The van der Waals surface area contributed by atoms with Gasteiger partial charge >= 0.3 is 0 Å². The van der Waals surface area contributed by atoms with Gasteiger partial charge in [-0.15, -0.1) is 6.58 Å². The van der Waals surface area contributed by atoms with E-state index < -0.39 is 11.6 Å². The van der Waals surface area contributed by atoms with Gasteiger partial charge in [-0.1, -0.05) is 6.08 Å². The molecule has 0 aliphatic carbocycles. The van der Waals surface area contributed by atoms with E-state index in [1.165, 1.54) is 0 Å². The first-order valence-electron chi connectivity index (χ1n) is 7.93. The number of ether oxygens (including phenoxy) is 2. The van der Waals surface area contributed by atoms with E-state index in [9.17, 15) is 9.90 Å². The van der Waals surface area contributed by atoms with Crippen molar-refractivity contribution in [2.45, 2.75) is 37.3 Å². The van der Waals surface area contributed by atoms with Crippen LogP contribution in [0.3, 0.4) is 0 Å². The zero-order chi connectivity index (χ0) is 16.6. The van der Waals surface area contributed by atoms with Gasteiger partial charge in [0.25, 0.3) is 0 Å². The first-order chi connectivity index (χ1) is 11.1. The molecule has 0 bridgehead atoms. The third kappa shape index (κ3) is 2.22. The second-order valence-corrected chi connectivity index (χ2v) is 6.12. The summed E-state index contributed by atoms with van der Waals surface area (Å²) in [5.74, 6) is 1.41. The summed E-state index contributed by atoms with van der Waals surface area (Å²) in [6.45, 7) is 4.35. The number of aliphatic hydroxyl groups is 1. The summed E-state index contributed by atoms with van der Waals surface area (Å²) in [4.78, 5) is 14.2. The number of fused-ring (bicyclic) bond motifs is 3. The van der Waals surface area contributed by atoms with Crippen LogP contribution in [0.4, 0.5) is 0 Å². The first kappa shape index (κ1) is 15.9. The van der Waals surface area contributed by atoms with Gasteiger partial charge in [-0.25, -0.2) is 0 Å². The molecular weight excluding hydrogens is 294 g/mol. The summed E-state index contributed by atoms with van der Waals surface area (Å²) in [7, 11) is 3.21. The molecule has 5 heteroatoms. The Morgan fingerprint density at radius 1 is 1.35 bits per heavy atom. The molecule has 5 nitrogen and oxygen atoms in total. The molecule has 2 aliphatic rings. The van der Waals surface area contributed by atoms with E-state index in [1.807, 2.05) is 17.0 Å². The van der Waals surface area contributed by atoms with Crippen LogP contribution < -0.4 is 9.47 Å². The summed E-state index contributed by atoms with van der Waals surface area (Å²) >= 11 is 0. The van der Waals surface area contributed by atoms with E-state index in [2.05, 4.69) is 6.58 Å². The van der Waals surface area contributed by atoms with Crippen LogP contribution in [0.15, 0.2) is 24.8 Å². The molecule has 2 aliphatic heterocycles. The van der Waals surface area contributed by atoms with Crippen LogP contribution in [-0.2, 0) is 16.8 Å². The molecule has 2 unspecified atom stereocenters. The average molecular weight is 317 g/mol. The van der Waals surface area contributed by atoms with Crippen molar-refractivity contribution in [3.05, 3.63) is 35.9 Å². The Kier molecular flexibility index (Phi) is 4.06. The molecule has 2 atom stereocenters. The lowest BCUT2D eigenvalue weighted by Gasteiger charge is -2.46. The van der Waals surface area contributed by atoms with E-state index in [-0.39, 0.29) is 5.91 Å². The molecule has 1 saturated heterocycles. The van der Waals surface area contributed by atoms with E-state index in [4.69, 9.17) is 9.47 Å². The fourth-order valence-corrected chi connectivity index (χ4v) is 4.04. The number of aliphatic hydroxyl groups excluding tert-OH is 1. The summed E-state index contributed by atoms with van der Waals surface area (Å²) in [5.41, 5.74) is 1.40. The van der Waals surface area contributed by atoms with Gasteiger partial charge in [0.15, 0.2) is 11.5 Å². The minimum absolute atomic E-state index is 0.105. The van der Waals surface area contributed by atoms with Crippen molar-refractivity contribution in [2.24, 2.45) is 0 Å². The van der Waals surface area contributed by atoms with Crippen molar-refractivity contribution in [1.29, 1.82) is 0 Å². The molecule has 23 heavy (non-hydrogen) atoms. The summed E-state index contributed by atoms with van der Waals surface area (Å²) in [6, 6.07) is 3.89. The smallest absolute Gasteiger partial charge is 0.223 e. The lowest BCUT2D eigenvalue weighted by Crippen LogP contribution is -2.55. The fourth-order valence-electron chi connectivity index (χ4n) is 4.04. The third-order valence-corrected chi connectivity index (χ3v) is 5.12. The number of hydrogen-bond donors (Lipinski definition) is 1. The maximum absolute atomic E-state index is 12.3. The van der Waals surface area contributed by atoms with Crippen LogP contribution in [0.1, 0.15) is 30.4 Å². The summed E-state index contributed by atoms with van der Waals surface area (Å²) in [6.07, 6.45) is 3.30. The molecule has 0 saturated carbocycles. The summed E-state index contributed by atoms with van der Waals surface area (Å²) in [5, 5.41) is 10.9. The van der Waals surface area contributed by atoms with Gasteiger partial charge in [-0.2, -0.15) is 0 Å². The average Bonchev–Trinajstić information content (AvgIpc) is 2.92. The predicted molar refractivity (Wildman–Crippen MR) is 86.7 cm³/mol. The van der Waals surface area contributed by atoms with E-state index in [0.717, 1.165) is 17.5 Å². The molecule has 2 heterocycles. The second-order valence-electron chi connectivity index (χ2n) is 6.12. The number of nitrogens with zero attached hydrogens (tertiary/aromatic N) is 1. The number of benzene rings is 1. The highest BCUT2D eigenvalue weighted by Gasteiger charge is 2.53. The van der Waals surface area contributed by atoms with E-state index in [0.29, 0.717) is 37.3 Å². The Hall–Kier alpha value is -2.01. The van der Waals surface area contributed by atoms with Gasteiger partial charge in [0.2, 0.25) is 5.91 Å². The van der Waals surface area contributed by atoms with Crippen LogP contribution in [0.25, 0.3) is 0 Å². The lowest BCUT2D eigenvalue weighted by atomic mass is 9.75. The maximum atomic E-state index is 12.3. The van der Waals surface area contributed by atoms with Crippen molar-refractivity contribution in [3.8, 4) is 11.5 Å². The SMILES string of the molecule is C=CCC(O)C12CCC(=O)N1CCc1cc(OC)c(OC)cc12. The fraction of sp³-hybridized carbons (Fsp3) is 0.500. The highest BCUT2D eigenvalue weighted by Crippen LogP contribution is 2.49. The number of hydrogen-bond acceptors (Lipinski definition) is 4. The number of carbonyl (C=O) groups is 1. The topological polar surface area (TPSA) is 59.0 Å². The molecule has 124 valence electrons. The molecule has 1 N–H and O–H groups in total. The standard InChI is InChI=1S/C18H23NO4/c1-4-5-16(20)18-8-6-17(21)19(18)9-7-12-10-14(22-2)15(23-3)11-13(12)18/h4,10-11,16,20H,1,5-9H2,2-3H3. The molecule has 0 radical (unpaired) electrons. The van der Waals surface area contributed by atoms with Gasteiger partial charge in [0, 0.05) is 13.0 Å². The van der Waals surface area contributed by atoms with E-state index in [1.54, 1.807) is 20.3 Å². The van der Waals surface area contributed by atoms with Gasteiger partial charge in [0.1, 0.15) is 0 Å². The largest absolute Gasteiger partial charge is 0.493 e. The zero-order valence-electron chi connectivity index (χ0n) is 13.7. The van der Waals surface area contributed by atoms with Crippen molar-refractivity contribution >= 4 is 5.91 Å². The molecular formula is C18H23NO4. The molecule has 1 aromatic carbocycles. The molecule has 0 spiro atoms. The first-order valence-corrected chi connectivity index (χ1v) is 7.93. The minimum atomic E-state index is -0.682. The quantitative estimate of drug-likeness (QED) is 0.844. The zero-order valence-corrected chi connectivity index (χ0v) is 13.7. The Bertz CT molecular complexity index is 642. The monoisotopic (exact) mass is 317 g/mol. The Morgan fingerprint density at radius 2 is 2.04 bits per heavy atom. The van der Waals surface area contributed by atoms with Crippen LogP contribution in [0.2, 0.25) is 0 Å². The molecule has 3 rings (SSSR count). The van der Waals surface area contributed by atoms with Crippen LogP contribution in [0.5, 0.6) is 11.5 Å². The van der Waals surface area contributed by atoms with Crippen molar-refractivity contribution in [3.63, 3.8) is 0 Å². The number of amides is 1. The molecule has 1 amide bonds. The van der Waals surface area contributed by atoms with Crippen molar-refractivity contribution in [1.82, 2.24) is 4.90 Å². The highest BCUT2D eigenvalue weighted by atomic mass is 16.5. The van der Waals surface area contributed by atoms with E-state index >= 15 is 0 Å². The number of carbonyl (C=O) groups excluding carboxylic acids is 1. The van der Waals surface area contributed by atoms with Crippen LogP contribution in [0, 0.1) is 0 Å². The molecule has 0 aromatic heterocycles. The Labute approximate surface area is 136 Å². The van der Waals surface area contributed by atoms with Crippen LogP contribution in [-0.4, -0.2) is 42.8 Å². The number of rotatable bonds is 5. The second kappa shape index (κ2) is 5.89. The van der Waals surface area contributed by atoms with Gasteiger partial charge in [0.05, 0.1) is 25.9 Å². The maximum Gasteiger partial charge on any atom is 0.223 e. The van der Waals surface area contributed by atoms with Gasteiger partial charge in [-0.05, 0) is 42.5 Å². The van der Waals surface area contributed by atoms with Crippen LogP contribution >= 0.6 is 0 Å². The number of methoxy groups -OCH3 is 2.